The second kappa shape index (κ2) is 13.7. The Morgan fingerprint density at radius 2 is 1.55 bits per heavy atom. The van der Waals surface area contributed by atoms with Crippen molar-refractivity contribution >= 4 is 29.5 Å². The van der Waals surface area contributed by atoms with Gasteiger partial charge < -0.3 is 20.5 Å². The zero-order valence-corrected chi connectivity index (χ0v) is 37.2. The maximum absolute atomic E-state index is 14.4. The molecule has 3 N–H and O–H groups in total. The number of aromatic nitrogens is 1. The first kappa shape index (κ1) is 42.6. The van der Waals surface area contributed by atoms with Crippen LogP contribution >= 0.6 is 0 Å². The molecule has 0 bridgehead atoms. The van der Waals surface area contributed by atoms with Crippen molar-refractivity contribution in [3.05, 3.63) is 40.7 Å². The number of carbonyl (C=O) groups is 5. The van der Waals surface area contributed by atoms with Crippen molar-refractivity contribution in [1.82, 2.24) is 15.6 Å². The lowest BCUT2D eigenvalue weighted by molar-refractivity contribution is -0.235. The van der Waals surface area contributed by atoms with E-state index in [-0.39, 0.29) is 69.4 Å². The van der Waals surface area contributed by atoms with Gasteiger partial charge in [0, 0.05) is 17.5 Å². The van der Waals surface area contributed by atoms with Gasteiger partial charge in [0.25, 0.3) is 5.91 Å². The first-order valence-corrected chi connectivity index (χ1v) is 22.1. The molecule has 7 rings (SSSR count). The van der Waals surface area contributed by atoms with Gasteiger partial charge in [0.15, 0.2) is 5.78 Å². The van der Waals surface area contributed by atoms with Crippen molar-refractivity contribution in [1.29, 1.82) is 0 Å². The molecule has 1 heterocycles. The van der Waals surface area contributed by atoms with Crippen LogP contribution in [-0.2, 0) is 23.9 Å². The Morgan fingerprint density at radius 1 is 0.862 bits per heavy atom. The molecule has 2 amide bonds. The normalized spacial score (nSPS) is 38.7. The number of nitrogens with zero attached hydrogens (tertiary/aromatic N) is 1. The van der Waals surface area contributed by atoms with E-state index in [2.05, 4.69) is 64.1 Å². The molecule has 6 aliphatic rings. The molecule has 10 nitrogen and oxygen atoms in total. The Hall–Kier alpha value is -3.56. The molecule has 5 saturated carbocycles. The summed E-state index contributed by atoms with van der Waals surface area (Å²) >= 11 is 0. The summed E-state index contributed by atoms with van der Waals surface area (Å²) in [6, 6.07) is 5.24. The number of ketones is 1. The number of carboxylic acid groups (broad SMARTS) is 1. The largest absolute Gasteiger partial charge is 0.481 e. The average Bonchev–Trinajstić information content (AvgIpc) is 3.40. The van der Waals surface area contributed by atoms with Gasteiger partial charge in [-0.25, -0.2) is 4.98 Å². The van der Waals surface area contributed by atoms with Crippen LogP contribution < -0.4 is 10.6 Å². The molecule has 318 valence electrons. The summed E-state index contributed by atoms with van der Waals surface area (Å²) in [5.41, 5.74) is -0.0332. The standard InChI is InChI=1S/C48H69N3O7/c1-26(2)36-32(52)25-48(51-41(57)44(8,9)50-38(53)31-15-13-14-27(3)49-31)23-22-46(11)28(37(36)48)16-17-34-45(10)20-19-35(43(6,7)33(45)18-21-47(34,46)12)58-40(56)30-24-29(39(54)55)42(30,4)5/h13-15,26,28-30,33-35H,16-25H2,1-12H3,(H,50,53)(H,51,57)(H,54,55)/t28-,29+,30-,33?,34?,35+,45+,46-,47-,48-/m1/s1. The summed E-state index contributed by atoms with van der Waals surface area (Å²) < 4.78 is 6.41. The minimum Gasteiger partial charge on any atom is -0.481 e. The lowest BCUT2D eigenvalue weighted by Gasteiger charge is -2.72. The van der Waals surface area contributed by atoms with E-state index in [1.54, 1.807) is 26.0 Å². The van der Waals surface area contributed by atoms with Crippen LogP contribution in [0.4, 0.5) is 0 Å². The topological polar surface area (TPSA) is 152 Å². The van der Waals surface area contributed by atoms with Gasteiger partial charge in [0.2, 0.25) is 5.91 Å². The van der Waals surface area contributed by atoms with E-state index in [9.17, 15) is 29.1 Å². The number of carboxylic acids is 1. The summed E-state index contributed by atoms with van der Waals surface area (Å²) in [5, 5.41) is 16.0. The van der Waals surface area contributed by atoms with Gasteiger partial charge in [-0.2, -0.15) is 0 Å². The van der Waals surface area contributed by atoms with Gasteiger partial charge in [-0.3, -0.25) is 24.0 Å². The van der Waals surface area contributed by atoms with Gasteiger partial charge in [0.1, 0.15) is 17.3 Å². The molecular weight excluding hydrogens is 731 g/mol. The van der Waals surface area contributed by atoms with Crippen molar-refractivity contribution < 1.29 is 33.8 Å². The highest BCUT2D eigenvalue weighted by atomic mass is 16.5. The molecule has 10 heteroatoms. The highest BCUT2D eigenvalue weighted by Crippen LogP contribution is 2.76. The summed E-state index contributed by atoms with van der Waals surface area (Å²) in [4.78, 5) is 71.6. The molecule has 5 fully saturated rings. The van der Waals surface area contributed by atoms with Crippen molar-refractivity contribution in [3.8, 4) is 0 Å². The first-order chi connectivity index (χ1) is 26.8. The molecular formula is C48H69N3O7. The van der Waals surface area contributed by atoms with E-state index < -0.39 is 40.2 Å². The maximum Gasteiger partial charge on any atom is 0.309 e. The fraction of sp³-hybridized carbons (Fsp3) is 0.750. The third kappa shape index (κ3) is 6.13. The summed E-state index contributed by atoms with van der Waals surface area (Å²) in [5.74, 6) is -1.69. The van der Waals surface area contributed by atoms with Crippen LogP contribution in [0.1, 0.15) is 157 Å². The van der Waals surface area contributed by atoms with E-state index in [1.807, 2.05) is 26.8 Å². The van der Waals surface area contributed by atoms with Gasteiger partial charge in [0.05, 0.1) is 17.4 Å². The number of Topliss-reactive ketones (excluding diaryl/α,β-unsaturated/α-hetero) is 1. The van der Waals surface area contributed by atoms with Crippen LogP contribution in [0.3, 0.4) is 0 Å². The van der Waals surface area contributed by atoms with Gasteiger partial charge in [-0.1, -0.05) is 68.4 Å². The van der Waals surface area contributed by atoms with Crippen LogP contribution in [0.2, 0.25) is 0 Å². The van der Waals surface area contributed by atoms with Gasteiger partial charge in [-0.05, 0) is 147 Å². The number of allylic oxidation sites excluding steroid dienone is 1. The lowest BCUT2D eigenvalue weighted by Crippen LogP contribution is -2.68. The second-order valence-corrected chi connectivity index (χ2v) is 22.3. The maximum atomic E-state index is 14.4. The highest BCUT2D eigenvalue weighted by molar-refractivity contribution is 6.03. The summed E-state index contributed by atoms with van der Waals surface area (Å²) in [6.45, 7) is 25.3. The number of aliphatic carboxylic acids is 1. The first-order valence-electron chi connectivity index (χ1n) is 22.1. The summed E-state index contributed by atoms with van der Waals surface area (Å²) in [6.07, 6.45) is 7.67. The Morgan fingerprint density at radius 3 is 2.17 bits per heavy atom. The molecule has 0 saturated heterocycles. The van der Waals surface area contributed by atoms with Crippen LogP contribution in [0.25, 0.3) is 0 Å². The highest BCUT2D eigenvalue weighted by Gasteiger charge is 2.71. The predicted octanol–water partition coefficient (Wildman–Crippen LogP) is 8.41. The molecule has 6 aliphatic carbocycles. The van der Waals surface area contributed by atoms with Crippen LogP contribution in [0.15, 0.2) is 29.3 Å². The molecule has 10 atom stereocenters. The number of fused-ring (bicyclic) bond motifs is 7. The van der Waals surface area contributed by atoms with Gasteiger partial charge in [-0.15, -0.1) is 0 Å². The number of ether oxygens (including phenoxy) is 1. The number of hydrogen-bond donors (Lipinski definition) is 3. The van der Waals surface area contributed by atoms with Crippen molar-refractivity contribution in [2.45, 2.75) is 164 Å². The SMILES string of the molecule is Cc1cccc(C(=O)NC(C)(C)C(=O)N[C@@]23CC[C@]4(C)[C@H](CCC5[C@@]6(C)CC[C@H](OC(=O)[C@H]7C[C@@H](C(=O)O)C7(C)C)C(C)(C)C6CC[C@]54C)C2=C(C(C)C)C(=O)C3)n1. The molecule has 0 radical (unpaired) electrons. The number of pyridine rings is 1. The smallest absolute Gasteiger partial charge is 0.309 e. The van der Waals surface area contributed by atoms with E-state index in [1.165, 1.54) is 0 Å². The lowest BCUT2D eigenvalue weighted by atomic mass is 9.33. The zero-order valence-electron chi connectivity index (χ0n) is 37.2. The van der Waals surface area contributed by atoms with Crippen molar-refractivity contribution in [2.75, 3.05) is 0 Å². The number of aryl methyl sites for hydroxylation is 1. The minimum atomic E-state index is -1.25. The zero-order chi connectivity index (χ0) is 42.8. The third-order valence-electron chi connectivity index (χ3n) is 17.9. The molecule has 2 unspecified atom stereocenters. The predicted molar refractivity (Wildman–Crippen MR) is 221 cm³/mol. The molecule has 58 heavy (non-hydrogen) atoms. The fourth-order valence-electron chi connectivity index (χ4n) is 14.4. The number of carbonyl (C=O) groups excluding carboxylic acids is 4. The van der Waals surface area contributed by atoms with Crippen LogP contribution in [-0.4, -0.2) is 56.8 Å². The van der Waals surface area contributed by atoms with Crippen molar-refractivity contribution in [2.24, 2.45) is 62.6 Å². The van der Waals surface area contributed by atoms with Gasteiger partial charge >= 0.3 is 11.9 Å². The van der Waals surface area contributed by atoms with E-state index in [4.69, 9.17) is 4.74 Å². The van der Waals surface area contributed by atoms with Crippen LogP contribution in [0.5, 0.6) is 0 Å². The molecule has 0 spiro atoms. The summed E-state index contributed by atoms with van der Waals surface area (Å²) in [7, 11) is 0. The molecule has 0 aliphatic heterocycles. The number of nitrogens with one attached hydrogen (secondary N) is 2. The molecule has 0 aromatic carbocycles. The van der Waals surface area contributed by atoms with E-state index in [0.29, 0.717) is 30.4 Å². The Labute approximate surface area is 345 Å². The van der Waals surface area contributed by atoms with Crippen LogP contribution in [0, 0.1) is 69.5 Å². The fourth-order valence-corrected chi connectivity index (χ4v) is 14.4. The number of hydrogen-bond acceptors (Lipinski definition) is 7. The number of esters is 1. The Balaban J connectivity index is 1.14. The van der Waals surface area contributed by atoms with E-state index >= 15 is 0 Å². The second-order valence-electron chi connectivity index (χ2n) is 22.3. The Kier molecular flexibility index (Phi) is 10.1. The number of rotatable bonds is 8. The Bertz CT molecular complexity index is 1960. The average molecular weight is 800 g/mol. The number of amides is 2. The molecule has 1 aromatic rings. The monoisotopic (exact) mass is 800 g/mol. The van der Waals surface area contributed by atoms with E-state index in [0.717, 1.165) is 56.1 Å². The minimum absolute atomic E-state index is 0.0156. The third-order valence-corrected chi connectivity index (χ3v) is 17.9. The molecule has 1 aromatic heterocycles. The quantitative estimate of drug-likeness (QED) is 0.222. The van der Waals surface area contributed by atoms with Crippen molar-refractivity contribution in [3.63, 3.8) is 0 Å².